The van der Waals surface area contributed by atoms with Gasteiger partial charge in [0.2, 0.25) is 0 Å². The smallest absolute Gasteiger partial charge is 0.191 e. The molecule has 25 heavy (non-hydrogen) atoms. The first-order chi connectivity index (χ1) is 11.5. The molecule has 6 nitrogen and oxygen atoms in total. The molecule has 0 amide bonds. The molecule has 1 aromatic carbocycles. The molecule has 0 radical (unpaired) electrons. The van der Waals surface area contributed by atoms with Crippen LogP contribution in [0.1, 0.15) is 43.7 Å². The minimum absolute atomic E-state index is 0. The first kappa shape index (κ1) is 21.2. The second-order valence-electron chi connectivity index (χ2n) is 5.71. The van der Waals surface area contributed by atoms with Crippen molar-refractivity contribution in [2.75, 3.05) is 6.54 Å². The minimum Gasteiger partial charge on any atom is -0.505 e. The summed E-state index contributed by atoms with van der Waals surface area (Å²) in [5.41, 5.74) is 1.58. The predicted octanol–water partition coefficient (Wildman–Crippen LogP) is 3.52. The monoisotopic (exact) mass is 462 g/mol. The Bertz CT molecular complexity index is 704. The van der Waals surface area contributed by atoms with Crippen molar-refractivity contribution >= 4 is 29.9 Å². The first-order valence-electron chi connectivity index (χ1n) is 7.94. The molecule has 3 N–H and O–H groups in total. The van der Waals surface area contributed by atoms with Crippen LogP contribution in [0, 0.1) is 5.82 Å². The van der Waals surface area contributed by atoms with Crippen molar-refractivity contribution in [3.05, 3.63) is 47.1 Å². The van der Waals surface area contributed by atoms with Gasteiger partial charge in [-0.25, -0.2) is 9.38 Å². The number of aromatic hydroxyl groups is 1. The Morgan fingerprint density at radius 3 is 2.68 bits per heavy atom. The maximum absolute atomic E-state index is 13.3. The van der Waals surface area contributed by atoms with Crippen LogP contribution < -0.4 is 10.6 Å². The summed E-state index contributed by atoms with van der Waals surface area (Å²) in [7, 11) is 0. The molecule has 8 heteroatoms. The Morgan fingerprint density at radius 2 is 2.08 bits per heavy atom. The summed E-state index contributed by atoms with van der Waals surface area (Å²) in [6, 6.07) is 6.14. The van der Waals surface area contributed by atoms with Gasteiger partial charge in [0.05, 0.1) is 18.8 Å². The van der Waals surface area contributed by atoms with E-state index in [1.807, 2.05) is 13.0 Å². The molecule has 0 atom stereocenters. The van der Waals surface area contributed by atoms with E-state index in [0.717, 1.165) is 11.5 Å². The van der Waals surface area contributed by atoms with Crippen LogP contribution in [0.15, 0.2) is 33.8 Å². The molecule has 0 aliphatic carbocycles. The Kier molecular flexibility index (Phi) is 8.67. The van der Waals surface area contributed by atoms with Gasteiger partial charge in [-0.3, -0.25) is 0 Å². The number of nitrogens with one attached hydrogen (secondary N) is 2. The lowest BCUT2D eigenvalue weighted by molar-refractivity contribution is 0.372. The van der Waals surface area contributed by atoms with E-state index in [9.17, 15) is 9.50 Å². The molecule has 0 saturated carbocycles. The predicted molar refractivity (Wildman–Crippen MR) is 106 cm³/mol. The summed E-state index contributed by atoms with van der Waals surface area (Å²) < 4.78 is 18.6. The highest BCUT2D eigenvalue weighted by molar-refractivity contribution is 14.0. The third-order valence-electron chi connectivity index (χ3n) is 3.37. The second-order valence-corrected chi connectivity index (χ2v) is 5.71. The van der Waals surface area contributed by atoms with Crippen molar-refractivity contribution in [2.45, 2.75) is 39.8 Å². The van der Waals surface area contributed by atoms with Crippen LogP contribution in [0.5, 0.6) is 5.75 Å². The zero-order chi connectivity index (χ0) is 17.5. The number of hydrogen-bond donors (Lipinski definition) is 3. The average molecular weight is 462 g/mol. The molecule has 138 valence electrons. The van der Waals surface area contributed by atoms with Gasteiger partial charge in [-0.1, -0.05) is 25.1 Å². The molecular weight excluding hydrogens is 438 g/mol. The van der Waals surface area contributed by atoms with E-state index in [1.54, 1.807) is 6.07 Å². The van der Waals surface area contributed by atoms with Crippen molar-refractivity contribution in [3.63, 3.8) is 0 Å². The summed E-state index contributed by atoms with van der Waals surface area (Å²) in [6.07, 6.45) is 0. The summed E-state index contributed by atoms with van der Waals surface area (Å²) >= 11 is 0. The standard InChI is InChI=1S/C17H23FN4O2.HI/c1-4-19-17(20-9-12-5-6-16(23)14(18)7-12)21-10-13-8-15(11(2)3)22-24-13;/h5-8,11,23H,4,9-10H2,1-3H3,(H2,19,20,21);1H. The van der Waals surface area contributed by atoms with Crippen LogP contribution in [-0.2, 0) is 13.1 Å². The average Bonchev–Trinajstić information content (AvgIpc) is 3.02. The highest BCUT2D eigenvalue weighted by Gasteiger charge is 2.08. The highest BCUT2D eigenvalue weighted by Crippen LogP contribution is 2.16. The second kappa shape index (κ2) is 10.2. The van der Waals surface area contributed by atoms with Gasteiger partial charge >= 0.3 is 0 Å². The lowest BCUT2D eigenvalue weighted by atomic mass is 10.1. The van der Waals surface area contributed by atoms with E-state index in [-0.39, 0.29) is 29.7 Å². The van der Waals surface area contributed by atoms with Gasteiger partial charge in [-0.2, -0.15) is 0 Å². The molecule has 0 bridgehead atoms. The minimum atomic E-state index is -0.650. The van der Waals surface area contributed by atoms with Crippen molar-refractivity contribution in [2.24, 2.45) is 4.99 Å². The maximum atomic E-state index is 13.3. The number of guanidine groups is 1. The van der Waals surface area contributed by atoms with Gasteiger partial charge in [0.1, 0.15) is 0 Å². The first-order valence-corrected chi connectivity index (χ1v) is 7.94. The van der Waals surface area contributed by atoms with Crippen molar-refractivity contribution in [1.82, 2.24) is 15.8 Å². The number of aromatic nitrogens is 1. The Hall–Kier alpha value is -1.84. The van der Waals surface area contributed by atoms with Crippen molar-refractivity contribution in [3.8, 4) is 5.75 Å². The van der Waals surface area contributed by atoms with Crippen LogP contribution in [0.2, 0.25) is 0 Å². The van der Waals surface area contributed by atoms with Gasteiger partial charge in [0, 0.05) is 12.6 Å². The Balaban J connectivity index is 0.00000312. The molecule has 0 fully saturated rings. The van der Waals surface area contributed by atoms with E-state index < -0.39 is 5.82 Å². The highest BCUT2D eigenvalue weighted by atomic mass is 127. The summed E-state index contributed by atoms with van der Waals surface area (Å²) in [5, 5.41) is 19.5. The SMILES string of the molecule is CCNC(=NCc1ccc(O)c(F)c1)NCc1cc(C(C)C)no1.I. The molecule has 2 aromatic rings. The number of phenolic OH excluding ortho intramolecular Hbond substituents is 1. The number of aliphatic imine (C=N–C) groups is 1. The van der Waals surface area contributed by atoms with Crippen molar-refractivity contribution < 1.29 is 14.0 Å². The molecule has 1 heterocycles. The molecule has 0 unspecified atom stereocenters. The fourth-order valence-corrected chi connectivity index (χ4v) is 2.02. The summed E-state index contributed by atoms with van der Waals surface area (Å²) in [6.45, 7) is 7.51. The topological polar surface area (TPSA) is 82.7 Å². The molecule has 0 spiro atoms. The van der Waals surface area contributed by atoms with E-state index >= 15 is 0 Å². The lowest BCUT2D eigenvalue weighted by Crippen LogP contribution is -2.36. The lowest BCUT2D eigenvalue weighted by Gasteiger charge is -2.10. The third kappa shape index (κ3) is 6.52. The maximum Gasteiger partial charge on any atom is 0.191 e. The van der Waals surface area contributed by atoms with E-state index in [1.165, 1.54) is 12.1 Å². The number of hydrogen-bond acceptors (Lipinski definition) is 4. The van der Waals surface area contributed by atoms with Gasteiger partial charge < -0.3 is 20.3 Å². The molecule has 0 saturated heterocycles. The molecule has 2 rings (SSSR count). The largest absolute Gasteiger partial charge is 0.505 e. The fraction of sp³-hybridized carbons (Fsp3) is 0.412. The Morgan fingerprint density at radius 1 is 1.32 bits per heavy atom. The van der Waals surface area contributed by atoms with Crippen LogP contribution >= 0.6 is 24.0 Å². The van der Waals surface area contributed by atoms with Crippen LogP contribution in [0.4, 0.5) is 4.39 Å². The van der Waals surface area contributed by atoms with Crippen molar-refractivity contribution in [1.29, 1.82) is 0 Å². The summed E-state index contributed by atoms with van der Waals surface area (Å²) in [5.74, 6) is 0.616. The number of phenols is 1. The third-order valence-corrected chi connectivity index (χ3v) is 3.37. The van der Waals surface area contributed by atoms with Gasteiger partial charge in [-0.05, 0) is 30.5 Å². The Labute approximate surface area is 163 Å². The molecular formula is C17H24FIN4O2. The van der Waals surface area contributed by atoms with Gasteiger partial charge in [-0.15, -0.1) is 24.0 Å². The van der Waals surface area contributed by atoms with Gasteiger partial charge in [0.15, 0.2) is 23.3 Å². The number of benzene rings is 1. The van der Waals surface area contributed by atoms with Crippen LogP contribution in [0.25, 0.3) is 0 Å². The van der Waals surface area contributed by atoms with E-state index in [4.69, 9.17) is 4.52 Å². The van der Waals surface area contributed by atoms with E-state index in [2.05, 4.69) is 34.6 Å². The number of halogens is 2. The summed E-state index contributed by atoms with van der Waals surface area (Å²) in [4.78, 5) is 4.40. The van der Waals surface area contributed by atoms with Crippen LogP contribution in [-0.4, -0.2) is 22.8 Å². The fourth-order valence-electron chi connectivity index (χ4n) is 2.02. The quantitative estimate of drug-likeness (QED) is 0.348. The number of rotatable bonds is 6. The zero-order valence-corrected chi connectivity index (χ0v) is 16.9. The van der Waals surface area contributed by atoms with Gasteiger partial charge in [0.25, 0.3) is 0 Å². The zero-order valence-electron chi connectivity index (χ0n) is 14.5. The normalized spacial score (nSPS) is 11.3. The molecule has 1 aromatic heterocycles. The van der Waals surface area contributed by atoms with E-state index in [0.29, 0.717) is 37.1 Å². The molecule has 0 aliphatic rings. The van der Waals surface area contributed by atoms with Crippen LogP contribution in [0.3, 0.4) is 0 Å². The molecule has 0 aliphatic heterocycles. The number of nitrogens with zero attached hydrogens (tertiary/aromatic N) is 2.